The van der Waals surface area contributed by atoms with Gasteiger partial charge in [-0.25, -0.2) is 0 Å². The molecule has 0 amide bonds. The maximum Gasteiger partial charge on any atom is 0.179 e. The molecule has 1 radical (unpaired) electrons. The van der Waals surface area contributed by atoms with Gasteiger partial charge in [0, 0.05) is 50.4 Å². The first kappa shape index (κ1) is 51.7. The zero-order chi connectivity index (χ0) is 51.6. The molecular formula is C70H62AuN4Si-2. The van der Waals surface area contributed by atoms with E-state index >= 15 is 0 Å². The maximum absolute atomic E-state index is 5.46. The van der Waals surface area contributed by atoms with E-state index in [0.717, 1.165) is 56.1 Å². The fourth-order valence-corrected chi connectivity index (χ4v) is 15.4. The summed E-state index contributed by atoms with van der Waals surface area (Å²) in [4.78, 5) is 7.12. The Morgan fingerprint density at radius 3 is 1.20 bits per heavy atom. The average molecular weight is 1180 g/mol. The summed E-state index contributed by atoms with van der Waals surface area (Å²) in [5.74, 6) is 0.862. The first-order valence-electron chi connectivity index (χ1n) is 26.1. The van der Waals surface area contributed by atoms with Gasteiger partial charge in [0.1, 0.15) is 5.84 Å². The molecule has 1 aliphatic rings. The number of aromatic nitrogens is 1. The van der Waals surface area contributed by atoms with Crippen molar-refractivity contribution in [2.75, 3.05) is 9.91 Å². The van der Waals surface area contributed by atoms with Crippen molar-refractivity contribution in [2.24, 2.45) is 5.10 Å². The van der Waals surface area contributed by atoms with E-state index in [1.165, 1.54) is 42.6 Å². The normalized spacial score (nSPS) is 12.7. The van der Waals surface area contributed by atoms with Crippen LogP contribution < -0.4 is 35.6 Å². The van der Waals surface area contributed by atoms with Crippen LogP contribution in [0.25, 0.3) is 44.1 Å². The van der Waals surface area contributed by atoms with E-state index in [4.69, 9.17) is 10.1 Å². The van der Waals surface area contributed by atoms with Crippen LogP contribution in [0.15, 0.2) is 266 Å². The fourth-order valence-electron chi connectivity index (χ4n) is 10.6. The average Bonchev–Trinajstić information content (AvgIpc) is 4.09. The number of fused-ring (bicyclic) bond motifs is 3. The molecule has 0 unspecified atom stereocenters. The molecule has 0 aliphatic carbocycles. The first-order valence-corrected chi connectivity index (χ1v) is 28.1. The smallest absolute Gasteiger partial charge is 0.179 e. The van der Waals surface area contributed by atoms with Crippen molar-refractivity contribution in [2.45, 2.75) is 52.4 Å². The van der Waals surface area contributed by atoms with Crippen molar-refractivity contribution < 1.29 is 22.4 Å². The van der Waals surface area contributed by atoms with Crippen LogP contribution in [-0.4, -0.2) is 13.9 Å². The third kappa shape index (κ3) is 10.2. The van der Waals surface area contributed by atoms with E-state index in [1.54, 1.807) is 0 Å². The Balaban J connectivity index is 0.000000250. The van der Waals surface area contributed by atoms with Gasteiger partial charge in [-0.15, -0.1) is 17.7 Å². The standard InChI is InChI=1S/C50H38N3Si.C20H24N.Au/c1-7-21-39(22-8-1)47-35-20-36-48(40-23-9-2-10-24-40)49(47)53-38-52(50(51-53)41-25-11-3-12-26-41)42-27-19-34-46(37-42)54(43-28-13-4-14-29-43,44-30-15-5-16-31-44)45-32-17-6-18-33-45;1-19(2,3)13-7-9-15-16-10-8-14(20(4,5)6)12-18(16)21-17(15)11-13;/h1-38H;7-12H,1-6H3;/q2*-1;. The molecule has 1 aliphatic heterocycles. The van der Waals surface area contributed by atoms with Crippen molar-refractivity contribution >= 4 is 67.8 Å². The third-order valence-electron chi connectivity index (χ3n) is 14.6. The quantitative estimate of drug-likeness (QED) is 0.0820. The van der Waals surface area contributed by atoms with Crippen molar-refractivity contribution in [1.29, 1.82) is 0 Å². The molecule has 0 saturated heterocycles. The molecule has 76 heavy (non-hydrogen) atoms. The summed E-state index contributed by atoms with van der Waals surface area (Å²) in [7, 11) is -2.76. The van der Waals surface area contributed by atoms with Gasteiger partial charge in [-0.3, -0.25) is 0 Å². The van der Waals surface area contributed by atoms with Gasteiger partial charge in [0.25, 0.3) is 0 Å². The van der Waals surface area contributed by atoms with Gasteiger partial charge in [-0.2, -0.15) is 5.10 Å². The molecule has 0 bridgehead atoms. The van der Waals surface area contributed by atoms with Gasteiger partial charge in [-0.1, -0.05) is 290 Å². The number of para-hydroxylation sites is 1. The summed E-state index contributed by atoms with van der Waals surface area (Å²) in [5, 5.41) is 15.4. The van der Waals surface area contributed by atoms with Crippen LogP contribution in [0.5, 0.6) is 0 Å². The SMILES string of the molecule is CC(C)(C)c1ccc2c(c1)[n-]c1cc(C(C)(C)C)ccc12.[Au].c1ccc(C2=NN(c3c(-c4ccccc4)cccc3-c3ccccc3)[CH-]N2c2cccc([Si](c3ccccc3)(c3ccccc3)c3ccccc3)c2)cc1. The van der Waals surface area contributed by atoms with Gasteiger partial charge in [0.15, 0.2) is 8.07 Å². The van der Waals surface area contributed by atoms with E-state index in [1.807, 2.05) is 0 Å². The molecule has 6 heteroatoms. The van der Waals surface area contributed by atoms with Gasteiger partial charge in [-0.05, 0) is 76.7 Å². The number of hydrogen-bond donors (Lipinski definition) is 0. The zero-order valence-electron chi connectivity index (χ0n) is 44.0. The predicted octanol–water partition coefficient (Wildman–Crippen LogP) is 14.7. The Bertz CT molecular complexity index is 3530. The molecule has 0 atom stereocenters. The second kappa shape index (κ2) is 21.8. The number of anilines is 2. The second-order valence-electron chi connectivity index (χ2n) is 21.5. The number of benzene rings is 10. The largest absolute Gasteiger partial charge is 0.657 e. The van der Waals surface area contributed by atoms with Gasteiger partial charge in [0.05, 0.1) is 0 Å². The Morgan fingerprint density at radius 2 is 0.776 bits per heavy atom. The number of nitrogens with zero attached hydrogens (tertiary/aromatic N) is 4. The molecule has 379 valence electrons. The van der Waals surface area contributed by atoms with E-state index < -0.39 is 8.07 Å². The van der Waals surface area contributed by atoms with Crippen LogP contribution in [0.4, 0.5) is 11.4 Å². The predicted molar refractivity (Wildman–Crippen MR) is 322 cm³/mol. The molecular weight excluding hydrogens is 1120 g/mol. The number of hydrazone groups is 1. The summed E-state index contributed by atoms with van der Waals surface area (Å²) in [5.41, 5.74) is 12.9. The molecule has 0 fully saturated rings. The van der Waals surface area contributed by atoms with E-state index in [-0.39, 0.29) is 33.2 Å². The molecule has 2 heterocycles. The first-order chi connectivity index (χ1) is 36.5. The van der Waals surface area contributed by atoms with E-state index in [2.05, 4.69) is 319 Å². The number of rotatable bonds is 9. The molecule has 0 spiro atoms. The number of hydrogen-bond acceptors (Lipinski definition) is 3. The van der Waals surface area contributed by atoms with Crippen molar-refractivity contribution in [3.8, 4) is 22.3 Å². The molecule has 0 N–H and O–H groups in total. The summed E-state index contributed by atoms with van der Waals surface area (Å²) in [6, 6.07) is 94.1. The molecule has 4 nitrogen and oxygen atoms in total. The van der Waals surface area contributed by atoms with E-state index in [9.17, 15) is 0 Å². The van der Waals surface area contributed by atoms with Gasteiger partial charge < -0.3 is 14.9 Å². The van der Waals surface area contributed by atoms with Crippen LogP contribution in [0.1, 0.15) is 58.2 Å². The van der Waals surface area contributed by atoms with Crippen molar-refractivity contribution in [3.05, 3.63) is 284 Å². The van der Waals surface area contributed by atoms with Crippen LogP contribution in [-0.2, 0) is 33.2 Å². The van der Waals surface area contributed by atoms with Gasteiger partial charge in [0.2, 0.25) is 0 Å². The van der Waals surface area contributed by atoms with Gasteiger partial charge >= 0.3 is 0 Å². The second-order valence-corrected chi connectivity index (χ2v) is 25.3. The number of amidine groups is 1. The summed E-state index contributed by atoms with van der Waals surface area (Å²) < 4.78 is 0. The summed E-state index contributed by atoms with van der Waals surface area (Å²) in [6.45, 7) is 15.6. The Labute approximate surface area is 466 Å². The summed E-state index contributed by atoms with van der Waals surface area (Å²) in [6.07, 6.45) is 0. The summed E-state index contributed by atoms with van der Waals surface area (Å²) >= 11 is 0. The van der Waals surface area contributed by atoms with Crippen molar-refractivity contribution in [3.63, 3.8) is 0 Å². The van der Waals surface area contributed by atoms with Crippen LogP contribution in [0.2, 0.25) is 0 Å². The Kier molecular flexibility index (Phi) is 14.8. The molecule has 11 aromatic rings. The maximum atomic E-state index is 5.46. The van der Waals surface area contributed by atoms with Crippen molar-refractivity contribution in [1.82, 2.24) is 4.98 Å². The minimum atomic E-state index is -2.76. The van der Waals surface area contributed by atoms with Crippen LogP contribution >= 0.6 is 0 Å². The molecule has 10 aromatic carbocycles. The fraction of sp³-hybridized carbons (Fsp3) is 0.114. The van der Waals surface area contributed by atoms with Crippen LogP contribution in [0, 0.1) is 6.67 Å². The minimum Gasteiger partial charge on any atom is -0.657 e. The molecule has 1 aromatic heterocycles. The third-order valence-corrected chi connectivity index (χ3v) is 19.3. The molecule has 0 saturated carbocycles. The minimum absolute atomic E-state index is 0. The van der Waals surface area contributed by atoms with E-state index in [0.29, 0.717) is 0 Å². The Hall–Kier alpha value is -7.77. The molecule has 12 rings (SSSR count). The zero-order valence-corrected chi connectivity index (χ0v) is 47.2. The Morgan fingerprint density at radius 1 is 0.395 bits per heavy atom. The topological polar surface area (TPSA) is 32.9 Å². The van der Waals surface area contributed by atoms with Crippen LogP contribution in [0.3, 0.4) is 0 Å². The monoisotopic (exact) mass is 1180 g/mol.